The quantitative estimate of drug-likeness (QED) is 0.763. The molecule has 142 valence electrons. The van der Waals surface area contributed by atoms with E-state index in [-0.39, 0.29) is 24.5 Å². The summed E-state index contributed by atoms with van der Waals surface area (Å²) < 4.78 is 5.29. The molecule has 27 heavy (non-hydrogen) atoms. The van der Waals surface area contributed by atoms with Crippen LogP contribution in [0.25, 0.3) is 11.1 Å². The largest absolute Gasteiger partial charge is 0.444 e. The molecule has 6 nitrogen and oxygen atoms in total. The summed E-state index contributed by atoms with van der Waals surface area (Å²) in [5.41, 5.74) is 1.74. The maximum atomic E-state index is 12.5. The molecule has 0 bridgehead atoms. The van der Waals surface area contributed by atoms with Gasteiger partial charge < -0.3 is 4.74 Å². The summed E-state index contributed by atoms with van der Waals surface area (Å²) in [6.45, 7) is 8.82. The fraction of sp³-hybridized carbons (Fsp3) is 0.333. The number of pyridine rings is 1. The van der Waals surface area contributed by atoms with Gasteiger partial charge in [0.05, 0.1) is 17.3 Å². The fourth-order valence-electron chi connectivity index (χ4n) is 2.37. The summed E-state index contributed by atoms with van der Waals surface area (Å²) in [6, 6.07) is 10.8. The van der Waals surface area contributed by atoms with E-state index in [9.17, 15) is 9.59 Å². The van der Waals surface area contributed by atoms with Crippen molar-refractivity contribution in [2.75, 3.05) is 5.32 Å². The second-order valence-corrected chi connectivity index (χ2v) is 7.46. The van der Waals surface area contributed by atoms with E-state index in [0.717, 1.165) is 5.56 Å². The Bertz CT molecular complexity index is 912. The van der Waals surface area contributed by atoms with Crippen molar-refractivity contribution in [2.45, 2.75) is 40.2 Å². The molecule has 0 atom stereocenters. The molecule has 2 rings (SSSR count). The molecule has 0 aliphatic carbocycles. The van der Waals surface area contributed by atoms with E-state index in [4.69, 9.17) is 10.00 Å². The Morgan fingerprint density at radius 1 is 1.22 bits per heavy atom. The number of rotatable bonds is 4. The third-order valence-electron chi connectivity index (χ3n) is 3.61. The number of nitrogens with zero attached hydrogens (tertiary/aromatic N) is 2. The van der Waals surface area contributed by atoms with Crippen molar-refractivity contribution in [1.82, 2.24) is 4.98 Å². The minimum atomic E-state index is -0.668. The maximum Gasteiger partial charge on any atom is 0.412 e. The highest BCUT2D eigenvalue weighted by Gasteiger charge is 2.22. The van der Waals surface area contributed by atoms with Crippen LogP contribution in [0.5, 0.6) is 0 Å². The molecule has 2 aromatic rings. The van der Waals surface area contributed by atoms with Crippen LogP contribution in [0.3, 0.4) is 0 Å². The second kappa shape index (κ2) is 8.00. The number of ketones is 1. The highest BCUT2D eigenvalue weighted by Crippen LogP contribution is 2.26. The molecule has 0 saturated carbocycles. The fourth-order valence-corrected chi connectivity index (χ4v) is 2.37. The predicted octanol–water partition coefficient (Wildman–Crippen LogP) is 5.05. The highest BCUT2D eigenvalue weighted by molar-refractivity contribution is 6.03. The van der Waals surface area contributed by atoms with Crippen LogP contribution >= 0.6 is 0 Å². The van der Waals surface area contributed by atoms with Crippen LogP contribution in [0.1, 0.15) is 52.1 Å². The zero-order valence-electron chi connectivity index (χ0n) is 16.2. The number of anilines is 1. The normalized spacial score (nSPS) is 11.0. The molecule has 1 aromatic heterocycles. The summed E-state index contributed by atoms with van der Waals surface area (Å²) in [5, 5.41) is 11.7. The SMILES string of the molecule is CC(C)C(=O)c1ncc(-c2cccc(C#N)c2)cc1NC(=O)OC(C)(C)C.[HH]. The van der Waals surface area contributed by atoms with Gasteiger partial charge in [0.1, 0.15) is 11.3 Å². The minimum absolute atomic E-state index is 0. The van der Waals surface area contributed by atoms with E-state index in [1.54, 1.807) is 65.1 Å². The first kappa shape index (κ1) is 20.1. The van der Waals surface area contributed by atoms with Crippen molar-refractivity contribution in [3.63, 3.8) is 0 Å². The van der Waals surface area contributed by atoms with Crippen molar-refractivity contribution in [3.8, 4) is 17.2 Å². The highest BCUT2D eigenvalue weighted by atomic mass is 16.6. The third-order valence-corrected chi connectivity index (χ3v) is 3.61. The van der Waals surface area contributed by atoms with E-state index < -0.39 is 11.7 Å². The van der Waals surface area contributed by atoms with Gasteiger partial charge in [0.2, 0.25) is 0 Å². The summed E-state index contributed by atoms with van der Waals surface area (Å²) in [6.07, 6.45) is 0.900. The minimum Gasteiger partial charge on any atom is -0.444 e. The van der Waals surface area contributed by atoms with Gasteiger partial charge in [-0.1, -0.05) is 26.0 Å². The Morgan fingerprint density at radius 3 is 2.52 bits per heavy atom. The summed E-state index contributed by atoms with van der Waals surface area (Å²) >= 11 is 0. The molecule has 1 heterocycles. The van der Waals surface area contributed by atoms with Crippen LogP contribution in [0.2, 0.25) is 0 Å². The number of carbonyl (C=O) groups is 2. The second-order valence-electron chi connectivity index (χ2n) is 7.46. The Kier molecular flexibility index (Phi) is 5.96. The molecule has 0 fully saturated rings. The van der Waals surface area contributed by atoms with E-state index in [1.165, 1.54) is 0 Å². The number of hydrogen-bond acceptors (Lipinski definition) is 5. The van der Waals surface area contributed by atoms with Crippen LogP contribution in [0, 0.1) is 17.2 Å². The van der Waals surface area contributed by atoms with Gasteiger partial charge in [0.15, 0.2) is 5.78 Å². The number of nitriles is 1. The lowest BCUT2D eigenvalue weighted by molar-refractivity contribution is 0.0636. The smallest absolute Gasteiger partial charge is 0.412 e. The van der Waals surface area contributed by atoms with E-state index in [0.29, 0.717) is 11.1 Å². The van der Waals surface area contributed by atoms with Gasteiger partial charge in [0, 0.05) is 19.1 Å². The molecule has 0 aliphatic heterocycles. The lowest BCUT2D eigenvalue weighted by Crippen LogP contribution is -2.28. The Balaban J connectivity index is 0.00000392. The van der Waals surface area contributed by atoms with Crippen LogP contribution in [0.15, 0.2) is 36.5 Å². The van der Waals surface area contributed by atoms with Gasteiger partial charge >= 0.3 is 6.09 Å². The van der Waals surface area contributed by atoms with Gasteiger partial charge in [-0.2, -0.15) is 5.26 Å². The third kappa shape index (κ3) is 5.38. The Morgan fingerprint density at radius 2 is 1.93 bits per heavy atom. The molecule has 1 N–H and O–H groups in total. The first-order valence-electron chi connectivity index (χ1n) is 8.65. The van der Waals surface area contributed by atoms with Crippen LogP contribution in [0.4, 0.5) is 10.5 Å². The molecular weight excluding hydrogens is 342 g/mol. The number of Topliss-reactive ketones (excluding diaryl/α,β-unsaturated/α-hetero) is 1. The van der Waals surface area contributed by atoms with E-state index in [2.05, 4.69) is 16.4 Å². The molecular formula is C21H25N3O3. The number of aromatic nitrogens is 1. The van der Waals surface area contributed by atoms with Gasteiger partial charge in [-0.05, 0) is 44.5 Å². The average Bonchev–Trinajstić information content (AvgIpc) is 2.59. The number of nitrogens with one attached hydrogen (secondary N) is 1. The van der Waals surface area contributed by atoms with Crippen LogP contribution in [-0.4, -0.2) is 22.5 Å². The zero-order valence-corrected chi connectivity index (χ0v) is 16.2. The predicted molar refractivity (Wildman–Crippen MR) is 106 cm³/mol. The first-order chi connectivity index (χ1) is 12.6. The molecule has 0 unspecified atom stereocenters. The number of benzene rings is 1. The standard InChI is InChI=1S/C21H23N3O3.H2/c1-13(2)19(25)18-17(24-20(26)27-21(3,4)5)10-16(12-23-18)15-8-6-7-14(9-15)11-22;/h6-10,12-13H,1-5H3,(H,24,26);1H. The van der Waals surface area contributed by atoms with Gasteiger partial charge in [-0.15, -0.1) is 0 Å². The summed E-state index contributed by atoms with van der Waals surface area (Å²) in [5.74, 6) is -0.456. The van der Waals surface area contributed by atoms with Crippen molar-refractivity contribution in [3.05, 3.63) is 47.8 Å². The van der Waals surface area contributed by atoms with E-state index in [1.807, 2.05) is 6.07 Å². The molecule has 1 amide bonds. The molecule has 0 spiro atoms. The number of ether oxygens (including phenoxy) is 1. The zero-order chi connectivity index (χ0) is 20.2. The van der Waals surface area contributed by atoms with Crippen molar-refractivity contribution >= 4 is 17.6 Å². The Hall–Kier alpha value is -3.20. The topological polar surface area (TPSA) is 92.1 Å². The van der Waals surface area contributed by atoms with Crippen molar-refractivity contribution < 1.29 is 15.8 Å². The molecule has 0 radical (unpaired) electrons. The van der Waals surface area contributed by atoms with Gasteiger partial charge in [-0.3, -0.25) is 15.1 Å². The molecule has 0 saturated heterocycles. The lowest BCUT2D eigenvalue weighted by atomic mass is 10.0. The van der Waals surface area contributed by atoms with Crippen LogP contribution < -0.4 is 5.32 Å². The van der Waals surface area contributed by atoms with Gasteiger partial charge in [-0.25, -0.2) is 4.79 Å². The average molecular weight is 367 g/mol. The summed E-state index contributed by atoms with van der Waals surface area (Å²) in [7, 11) is 0. The summed E-state index contributed by atoms with van der Waals surface area (Å²) in [4.78, 5) is 29.0. The van der Waals surface area contributed by atoms with Crippen molar-refractivity contribution in [2.24, 2.45) is 5.92 Å². The molecule has 6 heteroatoms. The Labute approximate surface area is 160 Å². The maximum absolute atomic E-state index is 12.5. The number of hydrogen-bond donors (Lipinski definition) is 1. The van der Waals surface area contributed by atoms with Gasteiger partial charge in [0.25, 0.3) is 0 Å². The van der Waals surface area contributed by atoms with E-state index >= 15 is 0 Å². The number of amides is 1. The monoisotopic (exact) mass is 367 g/mol. The molecule has 0 aliphatic rings. The first-order valence-corrected chi connectivity index (χ1v) is 8.65. The lowest BCUT2D eigenvalue weighted by Gasteiger charge is -2.20. The number of carbonyl (C=O) groups excluding carboxylic acids is 2. The van der Waals surface area contributed by atoms with Crippen LogP contribution in [-0.2, 0) is 4.74 Å². The van der Waals surface area contributed by atoms with Crippen molar-refractivity contribution in [1.29, 1.82) is 5.26 Å². The molecule has 1 aromatic carbocycles.